The van der Waals surface area contributed by atoms with E-state index >= 15 is 0 Å². The number of hydrogen-bond acceptors (Lipinski definition) is 5. The summed E-state index contributed by atoms with van der Waals surface area (Å²) >= 11 is 0. The highest BCUT2D eigenvalue weighted by Gasteiger charge is 2.21. The molecule has 1 aliphatic rings. The molecule has 0 radical (unpaired) electrons. The standard InChI is InChI=1S/C18H25N5/c1-15-6-4-8-17(20-15)23-13-12-22(11-10-21(2)3)18-16(14-23)7-5-9-19-18/h4-9H,10-14H2,1-3H3. The van der Waals surface area contributed by atoms with Gasteiger partial charge in [-0.3, -0.25) is 0 Å². The van der Waals surface area contributed by atoms with Crippen LogP contribution in [0.2, 0.25) is 0 Å². The van der Waals surface area contributed by atoms with E-state index in [2.05, 4.69) is 57.0 Å². The maximum absolute atomic E-state index is 4.69. The Hall–Kier alpha value is -2.14. The molecule has 3 rings (SSSR count). The Morgan fingerprint density at radius 2 is 2.00 bits per heavy atom. The van der Waals surface area contributed by atoms with E-state index in [0.717, 1.165) is 50.1 Å². The molecule has 2 aromatic heterocycles. The van der Waals surface area contributed by atoms with Crippen LogP contribution in [0.4, 0.5) is 11.6 Å². The zero-order valence-corrected chi connectivity index (χ0v) is 14.2. The lowest BCUT2D eigenvalue weighted by Crippen LogP contribution is -2.36. The molecular formula is C18H25N5. The molecule has 122 valence electrons. The van der Waals surface area contributed by atoms with E-state index in [1.54, 1.807) is 0 Å². The van der Waals surface area contributed by atoms with Crippen LogP contribution in [-0.2, 0) is 6.54 Å². The second kappa shape index (κ2) is 6.96. The summed E-state index contributed by atoms with van der Waals surface area (Å²) in [6, 6.07) is 10.4. The fourth-order valence-electron chi connectivity index (χ4n) is 2.91. The van der Waals surface area contributed by atoms with Crippen LogP contribution >= 0.6 is 0 Å². The molecule has 5 nitrogen and oxygen atoms in total. The van der Waals surface area contributed by atoms with Crippen LogP contribution in [0.25, 0.3) is 0 Å². The average Bonchev–Trinajstić information content (AvgIpc) is 2.72. The van der Waals surface area contributed by atoms with Gasteiger partial charge in [0, 0.05) is 50.2 Å². The molecule has 0 aliphatic carbocycles. The average molecular weight is 311 g/mol. The van der Waals surface area contributed by atoms with Crippen molar-refractivity contribution in [1.29, 1.82) is 0 Å². The number of fused-ring (bicyclic) bond motifs is 1. The van der Waals surface area contributed by atoms with Crippen molar-refractivity contribution >= 4 is 11.6 Å². The molecule has 0 fully saturated rings. The highest BCUT2D eigenvalue weighted by atomic mass is 15.3. The van der Waals surface area contributed by atoms with E-state index in [4.69, 9.17) is 0 Å². The predicted molar refractivity (Wildman–Crippen MR) is 95.0 cm³/mol. The van der Waals surface area contributed by atoms with Gasteiger partial charge in [0.15, 0.2) is 0 Å². The number of nitrogens with zero attached hydrogens (tertiary/aromatic N) is 5. The molecule has 0 saturated heterocycles. The minimum absolute atomic E-state index is 0.859. The monoisotopic (exact) mass is 311 g/mol. The van der Waals surface area contributed by atoms with E-state index in [1.165, 1.54) is 5.56 Å². The number of aryl methyl sites for hydroxylation is 1. The Morgan fingerprint density at radius 1 is 1.13 bits per heavy atom. The van der Waals surface area contributed by atoms with Gasteiger partial charge in [0.25, 0.3) is 0 Å². The molecule has 0 unspecified atom stereocenters. The summed E-state index contributed by atoms with van der Waals surface area (Å²) in [6.45, 7) is 6.84. The molecule has 0 amide bonds. The van der Waals surface area contributed by atoms with Crippen LogP contribution in [0.1, 0.15) is 11.3 Å². The number of hydrogen-bond donors (Lipinski definition) is 0. The maximum Gasteiger partial charge on any atom is 0.133 e. The van der Waals surface area contributed by atoms with Gasteiger partial charge in [-0.1, -0.05) is 12.1 Å². The molecule has 2 aromatic rings. The van der Waals surface area contributed by atoms with Gasteiger partial charge in [-0.15, -0.1) is 0 Å². The third kappa shape index (κ3) is 3.79. The minimum Gasteiger partial charge on any atom is -0.353 e. The Kier molecular flexibility index (Phi) is 4.76. The van der Waals surface area contributed by atoms with Crippen molar-refractivity contribution in [3.63, 3.8) is 0 Å². The van der Waals surface area contributed by atoms with Gasteiger partial charge in [-0.05, 0) is 39.2 Å². The van der Waals surface area contributed by atoms with E-state index in [0.29, 0.717) is 0 Å². The molecule has 5 heteroatoms. The highest BCUT2D eigenvalue weighted by Crippen LogP contribution is 2.25. The smallest absolute Gasteiger partial charge is 0.133 e. The summed E-state index contributed by atoms with van der Waals surface area (Å²) in [7, 11) is 4.22. The quantitative estimate of drug-likeness (QED) is 0.865. The zero-order chi connectivity index (χ0) is 16.2. The summed E-state index contributed by atoms with van der Waals surface area (Å²) in [5.41, 5.74) is 2.33. The van der Waals surface area contributed by atoms with E-state index in [9.17, 15) is 0 Å². The SMILES string of the molecule is Cc1cccc(N2CCN(CCN(C)C)c3ncccc3C2)n1. The van der Waals surface area contributed by atoms with Crippen molar-refractivity contribution in [2.75, 3.05) is 50.1 Å². The van der Waals surface area contributed by atoms with Crippen molar-refractivity contribution in [3.05, 3.63) is 47.8 Å². The summed E-state index contributed by atoms with van der Waals surface area (Å²) in [5.74, 6) is 2.17. The Balaban J connectivity index is 1.85. The number of rotatable bonds is 4. The van der Waals surface area contributed by atoms with Crippen LogP contribution in [0.15, 0.2) is 36.5 Å². The first kappa shape index (κ1) is 15.7. The lowest BCUT2D eigenvalue weighted by atomic mass is 10.2. The van der Waals surface area contributed by atoms with Crippen LogP contribution in [0.5, 0.6) is 0 Å². The van der Waals surface area contributed by atoms with Gasteiger partial charge in [-0.2, -0.15) is 0 Å². The number of likely N-dealkylation sites (N-methyl/N-ethyl adjacent to an activating group) is 1. The van der Waals surface area contributed by atoms with Crippen LogP contribution in [0.3, 0.4) is 0 Å². The number of pyridine rings is 2. The van der Waals surface area contributed by atoms with Gasteiger partial charge >= 0.3 is 0 Å². The zero-order valence-electron chi connectivity index (χ0n) is 14.2. The van der Waals surface area contributed by atoms with Gasteiger partial charge < -0.3 is 14.7 Å². The van der Waals surface area contributed by atoms with Gasteiger partial charge in [0.2, 0.25) is 0 Å². The lowest BCUT2D eigenvalue weighted by Gasteiger charge is -2.25. The molecule has 23 heavy (non-hydrogen) atoms. The first-order valence-electron chi connectivity index (χ1n) is 8.15. The number of aromatic nitrogens is 2. The Labute approximate surface area is 138 Å². The fourth-order valence-corrected chi connectivity index (χ4v) is 2.91. The van der Waals surface area contributed by atoms with Gasteiger partial charge in [0.1, 0.15) is 11.6 Å². The number of anilines is 2. The molecule has 0 saturated carbocycles. The third-order valence-electron chi connectivity index (χ3n) is 4.18. The van der Waals surface area contributed by atoms with Crippen LogP contribution in [0, 0.1) is 6.92 Å². The molecule has 0 N–H and O–H groups in total. The first-order chi connectivity index (χ1) is 11.1. The van der Waals surface area contributed by atoms with Crippen LogP contribution in [-0.4, -0.2) is 55.1 Å². The van der Waals surface area contributed by atoms with Crippen molar-refractivity contribution in [2.24, 2.45) is 0 Å². The highest BCUT2D eigenvalue weighted by molar-refractivity contribution is 5.52. The Morgan fingerprint density at radius 3 is 2.78 bits per heavy atom. The normalized spacial score (nSPS) is 14.8. The molecule has 0 spiro atoms. The molecular weight excluding hydrogens is 286 g/mol. The first-order valence-corrected chi connectivity index (χ1v) is 8.15. The van der Waals surface area contributed by atoms with Gasteiger partial charge in [-0.25, -0.2) is 9.97 Å². The molecule has 0 aromatic carbocycles. The largest absolute Gasteiger partial charge is 0.353 e. The lowest BCUT2D eigenvalue weighted by molar-refractivity contribution is 0.413. The van der Waals surface area contributed by atoms with Crippen molar-refractivity contribution in [2.45, 2.75) is 13.5 Å². The van der Waals surface area contributed by atoms with E-state index < -0.39 is 0 Å². The second-order valence-electron chi connectivity index (χ2n) is 6.34. The molecule has 3 heterocycles. The Bertz CT molecular complexity index is 655. The second-order valence-corrected chi connectivity index (χ2v) is 6.34. The molecule has 0 atom stereocenters. The summed E-state index contributed by atoms with van der Waals surface area (Å²) in [4.78, 5) is 16.3. The van der Waals surface area contributed by atoms with Crippen molar-refractivity contribution in [1.82, 2.24) is 14.9 Å². The summed E-state index contributed by atoms with van der Waals surface area (Å²) < 4.78 is 0. The topological polar surface area (TPSA) is 35.5 Å². The van der Waals surface area contributed by atoms with Crippen LogP contribution < -0.4 is 9.80 Å². The molecule has 1 aliphatic heterocycles. The van der Waals surface area contributed by atoms with E-state index in [1.807, 2.05) is 25.3 Å². The van der Waals surface area contributed by atoms with Crippen molar-refractivity contribution < 1.29 is 0 Å². The molecule has 0 bridgehead atoms. The minimum atomic E-state index is 0.859. The fraction of sp³-hybridized carbons (Fsp3) is 0.444. The summed E-state index contributed by atoms with van der Waals surface area (Å²) in [6.07, 6.45) is 1.89. The predicted octanol–water partition coefficient (Wildman–Crippen LogP) is 2.17. The third-order valence-corrected chi connectivity index (χ3v) is 4.18. The van der Waals surface area contributed by atoms with Crippen molar-refractivity contribution in [3.8, 4) is 0 Å². The van der Waals surface area contributed by atoms with Gasteiger partial charge in [0.05, 0.1) is 0 Å². The maximum atomic E-state index is 4.69. The van der Waals surface area contributed by atoms with E-state index in [-0.39, 0.29) is 0 Å². The summed E-state index contributed by atoms with van der Waals surface area (Å²) in [5, 5.41) is 0.